The number of carbonyl (C=O) groups is 1. The molecule has 0 radical (unpaired) electrons. The standard InChI is InChI=1S/C14H20N2O4/c1-10(16(18)19)12(11-8-6-5-7-9-11)15-13(17)20-14(2,3)4/h5-10,12H,1-4H3,(H,15,17)/t10-,12-/m1/s1. The Labute approximate surface area is 118 Å². The minimum atomic E-state index is -0.954. The molecule has 0 saturated heterocycles. The number of carbonyl (C=O) groups excluding carboxylic acids is 1. The zero-order valence-corrected chi connectivity index (χ0v) is 12.1. The molecule has 0 aromatic heterocycles. The van der Waals surface area contributed by atoms with Crippen LogP contribution in [0.25, 0.3) is 0 Å². The summed E-state index contributed by atoms with van der Waals surface area (Å²) in [6.07, 6.45) is -0.667. The third kappa shape index (κ3) is 4.87. The molecular weight excluding hydrogens is 260 g/mol. The van der Waals surface area contributed by atoms with Crippen molar-refractivity contribution in [2.75, 3.05) is 0 Å². The Morgan fingerprint density at radius 1 is 1.30 bits per heavy atom. The summed E-state index contributed by atoms with van der Waals surface area (Å²) in [6.45, 7) is 6.66. The lowest BCUT2D eigenvalue weighted by Crippen LogP contribution is -2.41. The second kappa shape index (κ2) is 6.36. The maximum atomic E-state index is 11.8. The van der Waals surface area contributed by atoms with E-state index in [1.165, 1.54) is 6.92 Å². The first-order valence-electron chi connectivity index (χ1n) is 6.38. The van der Waals surface area contributed by atoms with Gasteiger partial charge < -0.3 is 10.1 Å². The number of rotatable bonds is 4. The third-order valence-electron chi connectivity index (χ3n) is 2.65. The molecule has 0 spiro atoms. The van der Waals surface area contributed by atoms with Crippen LogP contribution in [-0.2, 0) is 4.74 Å². The highest BCUT2D eigenvalue weighted by Gasteiger charge is 2.31. The van der Waals surface area contributed by atoms with Gasteiger partial charge in [0.15, 0.2) is 0 Å². The van der Waals surface area contributed by atoms with Crippen LogP contribution in [0.15, 0.2) is 30.3 Å². The van der Waals surface area contributed by atoms with Crippen LogP contribution < -0.4 is 5.32 Å². The van der Waals surface area contributed by atoms with E-state index in [0.29, 0.717) is 5.56 Å². The Kier molecular flexibility index (Phi) is 5.07. The van der Waals surface area contributed by atoms with E-state index in [0.717, 1.165) is 0 Å². The van der Waals surface area contributed by atoms with Gasteiger partial charge in [-0.1, -0.05) is 30.3 Å². The van der Waals surface area contributed by atoms with Gasteiger partial charge in [-0.25, -0.2) is 4.79 Å². The molecule has 110 valence electrons. The highest BCUT2D eigenvalue weighted by atomic mass is 16.6. The fourth-order valence-electron chi connectivity index (χ4n) is 1.70. The lowest BCUT2D eigenvalue weighted by Gasteiger charge is -2.24. The molecule has 0 fully saturated rings. The van der Waals surface area contributed by atoms with Crippen LogP contribution in [0.2, 0.25) is 0 Å². The SMILES string of the molecule is C[C@H]([C@@H](NC(=O)OC(C)(C)C)c1ccccc1)[N+](=O)[O-]. The second-order valence-electron chi connectivity index (χ2n) is 5.56. The first-order valence-corrected chi connectivity index (χ1v) is 6.38. The highest BCUT2D eigenvalue weighted by molar-refractivity contribution is 5.68. The summed E-state index contributed by atoms with van der Waals surface area (Å²) >= 11 is 0. The van der Waals surface area contributed by atoms with Crippen LogP contribution in [0.5, 0.6) is 0 Å². The van der Waals surface area contributed by atoms with Crippen molar-refractivity contribution >= 4 is 6.09 Å². The van der Waals surface area contributed by atoms with Crippen molar-refractivity contribution in [2.45, 2.75) is 45.4 Å². The molecule has 0 bridgehead atoms. The number of nitrogens with zero attached hydrogens (tertiary/aromatic N) is 1. The molecule has 0 aliphatic heterocycles. The Balaban J connectivity index is 2.90. The maximum Gasteiger partial charge on any atom is 0.408 e. The molecule has 0 aliphatic rings. The molecule has 6 heteroatoms. The molecular formula is C14H20N2O4. The van der Waals surface area contributed by atoms with E-state index in [9.17, 15) is 14.9 Å². The van der Waals surface area contributed by atoms with E-state index in [1.54, 1.807) is 45.0 Å². The summed E-state index contributed by atoms with van der Waals surface area (Å²) in [5.74, 6) is 0. The van der Waals surface area contributed by atoms with Crippen molar-refractivity contribution in [3.8, 4) is 0 Å². The zero-order valence-electron chi connectivity index (χ0n) is 12.1. The van der Waals surface area contributed by atoms with Gasteiger partial charge in [-0.2, -0.15) is 0 Å². The largest absolute Gasteiger partial charge is 0.444 e. The van der Waals surface area contributed by atoms with Crippen LogP contribution in [0, 0.1) is 10.1 Å². The maximum absolute atomic E-state index is 11.8. The number of alkyl carbamates (subject to hydrolysis) is 1. The fraction of sp³-hybridized carbons (Fsp3) is 0.500. The number of benzene rings is 1. The van der Waals surface area contributed by atoms with Gasteiger partial charge in [0.25, 0.3) is 0 Å². The van der Waals surface area contributed by atoms with Crippen molar-refractivity contribution < 1.29 is 14.5 Å². The van der Waals surface area contributed by atoms with E-state index in [1.807, 2.05) is 6.07 Å². The normalized spacial score (nSPS) is 14.2. The molecule has 1 amide bonds. The van der Waals surface area contributed by atoms with Crippen LogP contribution in [0.3, 0.4) is 0 Å². The van der Waals surface area contributed by atoms with Crippen molar-refractivity contribution in [3.05, 3.63) is 46.0 Å². The summed E-state index contributed by atoms with van der Waals surface area (Å²) in [4.78, 5) is 22.4. The van der Waals surface area contributed by atoms with Gasteiger partial charge >= 0.3 is 6.09 Å². The summed E-state index contributed by atoms with van der Waals surface area (Å²) in [5.41, 5.74) is 0.0194. The lowest BCUT2D eigenvalue weighted by molar-refractivity contribution is -0.523. The molecule has 1 aromatic carbocycles. The number of amides is 1. The molecule has 6 nitrogen and oxygen atoms in total. The van der Waals surface area contributed by atoms with Gasteiger partial charge in [0, 0.05) is 11.8 Å². The fourth-order valence-corrected chi connectivity index (χ4v) is 1.70. The van der Waals surface area contributed by atoms with Gasteiger partial charge in [0.2, 0.25) is 6.04 Å². The van der Waals surface area contributed by atoms with E-state index in [-0.39, 0.29) is 0 Å². The lowest BCUT2D eigenvalue weighted by atomic mass is 10.0. The van der Waals surface area contributed by atoms with Gasteiger partial charge in [0.1, 0.15) is 11.6 Å². The highest BCUT2D eigenvalue weighted by Crippen LogP contribution is 2.19. The molecule has 0 heterocycles. The van der Waals surface area contributed by atoms with Crippen LogP contribution in [0.1, 0.15) is 39.3 Å². The summed E-state index contributed by atoms with van der Waals surface area (Å²) < 4.78 is 5.15. The average Bonchev–Trinajstić information content (AvgIpc) is 2.34. The minimum Gasteiger partial charge on any atom is -0.444 e. The van der Waals surface area contributed by atoms with E-state index >= 15 is 0 Å². The van der Waals surface area contributed by atoms with E-state index in [4.69, 9.17) is 4.74 Å². The predicted octanol–water partition coefficient (Wildman–Crippen LogP) is 2.92. The van der Waals surface area contributed by atoms with Crippen molar-refractivity contribution in [3.63, 3.8) is 0 Å². The van der Waals surface area contributed by atoms with Crippen molar-refractivity contribution in [1.29, 1.82) is 0 Å². The number of ether oxygens (including phenoxy) is 1. The second-order valence-corrected chi connectivity index (χ2v) is 5.56. The Morgan fingerprint density at radius 2 is 1.85 bits per heavy atom. The zero-order chi connectivity index (χ0) is 15.3. The quantitative estimate of drug-likeness (QED) is 0.679. The van der Waals surface area contributed by atoms with E-state index in [2.05, 4.69) is 5.32 Å². The van der Waals surface area contributed by atoms with Gasteiger partial charge in [-0.3, -0.25) is 10.1 Å². The Bertz CT molecular complexity index is 468. The average molecular weight is 280 g/mol. The summed E-state index contributed by atoms with van der Waals surface area (Å²) in [6, 6.07) is 7.14. The third-order valence-corrected chi connectivity index (χ3v) is 2.65. The molecule has 2 atom stereocenters. The minimum absolute atomic E-state index is 0.422. The molecule has 0 unspecified atom stereocenters. The van der Waals surface area contributed by atoms with Crippen LogP contribution in [0.4, 0.5) is 4.79 Å². The van der Waals surface area contributed by atoms with Gasteiger partial charge in [0.05, 0.1) is 0 Å². The monoisotopic (exact) mass is 280 g/mol. The summed E-state index contributed by atoms with van der Waals surface area (Å²) in [7, 11) is 0. The van der Waals surface area contributed by atoms with Crippen LogP contribution >= 0.6 is 0 Å². The Morgan fingerprint density at radius 3 is 2.30 bits per heavy atom. The molecule has 0 aliphatic carbocycles. The van der Waals surface area contributed by atoms with Crippen molar-refractivity contribution in [1.82, 2.24) is 5.32 Å². The summed E-state index contributed by atoms with van der Waals surface area (Å²) in [5, 5.41) is 13.6. The molecule has 0 saturated carbocycles. The topological polar surface area (TPSA) is 81.5 Å². The van der Waals surface area contributed by atoms with Crippen LogP contribution in [-0.4, -0.2) is 22.7 Å². The van der Waals surface area contributed by atoms with Gasteiger partial charge in [-0.15, -0.1) is 0 Å². The van der Waals surface area contributed by atoms with Gasteiger partial charge in [-0.05, 0) is 26.3 Å². The Hall–Kier alpha value is -2.11. The number of hydrogen-bond donors (Lipinski definition) is 1. The molecule has 1 rings (SSSR count). The first kappa shape index (κ1) is 15.9. The number of hydrogen-bond acceptors (Lipinski definition) is 4. The number of nitrogens with one attached hydrogen (secondary N) is 1. The molecule has 20 heavy (non-hydrogen) atoms. The number of nitro groups is 1. The van der Waals surface area contributed by atoms with E-state index < -0.39 is 28.7 Å². The molecule has 1 N–H and O–H groups in total. The predicted molar refractivity (Wildman–Crippen MR) is 75.0 cm³/mol. The first-order chi connectivity index (χ1) is 9.20. The smallest absolute Gasteiger partial charge is 0.408 e. The van der Waals surface area contributed by atoms with Crippen molar-refractivity contribution in [2.24, 2.45) is 0 Å². The molecule has 1 aromatic rings.